The van der Waals surface area contributed by atoms with Gasteiger partial charge in [-0.3, -0.25) is 4.99 Å². The van der Waals surface area contributed by atoms with E-state index >= 15 is 0 Å². The van der Waals surface area contributed by atoms with E-state index in [1.807, 2.05) is 25.2 Å². The van der Waals surface area contributed by atoms with Gasteiger partial charge in [-0.25, -0.2) is 0 Å². The maximum atomic E-state index is 4.24. The van der Waals surface area contributed by atoms with Crippen molar-refractivity contribution in [2.75, 3.05) is 25.5 Å². The van der Waals surface area contributed by atoms with Gasteiger partial charge in [-0.2, -0.15) is 0 Å². The standard InChI is InChI=1S/C16H28N4.HI/c1-13(2)14(3)20-16(17-4)19-12-8-11-18-15-9-6-5-7-10-15;/h5-7,9-10,13-14,18H,8,11-12H2,1-4H3,(H2,17,19,20);1H. The molecule has 0 heterocycles. The molecule has 1 unspecified atom stereocenters. The Kier molecular flexibility index (Phi) is 11.1. The predicted molar refractivity (Wildman–Crippen MR) is 104 cm³/mol. The molecule has 1 atom stereocenters. The fourth-order valence-corrected chi connectivity index (χ4v) is 1.66. The SMILES string of the molecule is CN=C(NCCCNc1ccccc1)NC(C)C(C)C.I. The van der Waals surface area contributed by atoms with Crippen molar-refractivity contribution in [3.8, 4) is 0 Å². The van der Waals surface area contributed by atoms with Gasteiger partial charge in [-0.15, -0.1) is 24.0 Å². The molecular weight excluding hydrogens is 375 g/mol. The number of aliphatic imine (C=N–C) groups is 1. The van der Waals surface area contributed by atoms with Gasteiger partial charge in [0.15, 0.2) is 5.96 Å². The number of rotatable bonds is 7. The molecule has 0 saturated heterocycles. The van der Waals surface area contributed by atoms with Crippen LogP contribution in [0.1, 0.15) is 27.2 Å². The average molecular weight is 404 g/mol. The largest absolute Gasteiger partial charge is 0.385 e. The van der Waals surface area contributed by atoms with Crippen LogP contribution in [-0.2, 0) is 0 Å². The lowest BCUT2D eigenvalue weighted by Gasteiger charge is -2.20. The van der Waals surface area contributed by atoms with Gasteiger partial charge in [0.25, 0.3) is 0 Å². The second-order valence-electron chi connectivity index (χ2n) is 5.32. The Hall–Kier alpha value is -0.980. The highest BCUT2D eigenvalue weighted by atomic mass is 127. The van der Waals surface area contributed by atoms with Crippen LogP contribution >= 0.6 is 24.0 Å². The van der Waals surface area contributed by atoms with E-state index in [0.29, 0.717) is 12.0 Å². The van der Waals surface area contributed by atoms with Crippen LogP contribution < -0.4 is 16.0 Å². The van der Waals surface area contributed by atoms with E-state index in [1.54, 1.807) is 0 Å². The number of benzene rings is 1. The number of hydrogen-bond donors (Lipinski definition) is 3. The zero-order valence-electron chi connectivity index (χ0n) is 13.5. The van der Waals surface area contributed by atoms with Gasteiger partial charge in [0, 0.05) is 31.9 Å². The normalized spacial score (nSPS) is 12.5. The molecule has 4 nitrogen and oxygen atoms in total. The summed E-state index contributed by atoms with van der Waals surface area (Å²) in [6.45, 7) is 8.44. The average Bonchev–Trinajstić information content (AvgIpc) is 2.46. The quantitative estimate of drug-likeness (QED) is 0.283. The Morgan fingerprint density at radius 1 is 1.10 bits per heavy atom. The van der Waals surface area contributed by atoms with Crippen molar-refractivity contribution >= 4 is 35.6 Å². The van der Waals surface area contributed by atoms with Crippen molar-refractivity contribution < 1.29 is 0 Å². The summed E-state index contributed by atoms with van der Waals surface area (Å²) in [5.41, 5.74) is 1.17. The summed E-state index contributed by atoms with van der Waals surface area (Å²) in [4.78, 5) is 4.24. The van der Waals surface area contributed by atoms with Gasteiger partial charge < -0.3 is 16.0 Å². The van der Waals surface area contributed by atoms with Crippen molar-refractivity contribution in [1.29, 1.82) is 0 Å². The Morgan fingerprint density at radius 2 is 1.76 bits per heavy atom. The summed E-state index contributed by atoms with van der Waals surface area (Å²) in [5, 5.41) is 10.1. The Bertz CT molecular complexity index is 393. The Balaban J connectivity index is 0.00000400. The summed E-state index contributed by atoms with van der Waals surface area (Å²) >= 11 is 0. The lowest BCUT2D eigenvalue weighted by atomic mass is 10.1. The Labute approximate surface area is 146 Å². The third-order valence-electron chi connectivity index (χ3n) is 3.34. The summed E-state index contributed by atoms with van der Waals surface area (Å²) < 4.78 is 0. The number of hydrogen-bond acceptors (Lipinski definition) is 2. The first-order valence-corrected chi connectivity index (χ1v) is 7.39. The summed E-state index contributed by atoms with van der Waals surface area (Å²) in [5.74, 6) is 1.47. The van der Waals surface area contributed by atoms with Gasteiger partial charge in [-0.1, -0.05) is 32.0 Å². The molecule has 1 aromatic rings. The molecule has 120 valence electrons. The van der Waals surface area contributed by atoms with Crippen LogP contribution in [0.4, 0.5) is 5.69 Å². The van der Waals surface area contributed by atoms with Crippen LogP contribution in [0, 0.1) is 5.92 Å². The molecule has 0 aliphatic heterocycles. The second-order valence-corrected chi connectivity index (χ2v) is 5.32. The summed E-state index contributed by atoms with van der Waals surface area (Å²) in [6.07, 6.45) is 1.05. The second kappa shape index (κ2) is 11.7. The van der Waals surface area contributed by atoms with Crippen LogP contribution in [0.3, 0.4) is 0 Å². The minimum Gasteiger partial charge on any atom is -0.385 e. The van der Waals surface area contributed by atoms with Crippen molar-refractivity contribution in [1.82, 2.24) is 10.6 Å². The van der Waals surface area contributed by atoms with Crippen molar-refractivity contribution in [2.45, 2.75) is 33.2 Å². The number of nitrogens with one attached hydrogen (secondary N) is 3. The first-order chi connectivity index (χ1) is 9.63. The highest BCUT2D eigenvalue weighted by Crippen LogP contribution is 2.04. The molecule has 0 aromatic heterocycles. The van der Waals surface area contributed by atoms with E-state index in [1.165, 1.54) is 5.69 Å². The molecule has 3 N–H and O–H groups in total. The smallest absolute Gasteiger partial charge is 0.191 e. The van der Waals surface area contributed by atoms with Crippen molar-refractivity contribution in [2.24, 2.45) is 10.9 Å². The van der Waals surface area contributed by atoms with E-state index in [0.717, 1.165) is 25.5 Å². The third kappa shape index (κ3) is 8.80. The fourth-order valence-electron chi connectivity index (χ4n) is 1.66. The third-order valence-corrected chi connectivity index (χ3v) is 3.34. The first-order valence-electron chi connectivity index (χ1n) is 7.39. The van der Waals surface area contributed by atoms with Gasteiger partial charge in [0.2, 0.25) is 0 Å². The zero-order chi connectivity index (χ0) is 14.8. The van der Waals surface area contributed by atoms with Crippen LogP contribution in [0.2, 0.25) is 0 Å². The molecule has 0 saturated carbocycles. The molecule has 0 aliphatic carbocycles. The van der Waals surface area contributed by atoms with E-state index in [9.17, 15) is 0 Å². The lowest BCUT2D eigenvalue weighted by Crippen LogP contribution is -2.44. The van der Waals surface area contributed by atoms with Gasteiger partial charge >= 0.3 is 0 Å². The van der Waals surface area contributed by atoms with Gasteiger partial charge in [-0.05, 0) is 31.4 Å². The molecule has 0 bridgehead atoms. The molecule has 1 aromatic carbocycles. The van der Waals surface area contributed by atoms with Crippen LogP contribution in [0.15, 0.2) is 35.3 Å². The fraction of sp³-hybridized carbons (Fsp3) is 0.562. The van der Waals surface area contributed by atoms with E-state index in [-0.39, 0.29) is 24.0 Å². The maximum absolute atomic E-state index is 4.24. The number of nitrogens with zero attached hydrogens (tertiary/aromatic N) is 1. The maximum Gasteiger partial charge on any atom is 0.191 e. The molecule has 21 heavy (non-hydrogen) atoms. The zero-order valence-corrected chi connectivity index (χ0v) is 15.8. The number of guanidine groups is 1. The van der Waals surface area contributed by atoms with Crippen molar-refractivity contribution in [3.63, 3.8) is 0 Å². The minimum absolute atomic E-state index is 0. The molecule has 0 spiro atoms. The molecule has 5 heteroatoms. The van der Waals surface area contributed by atoms with Crippen LogP contribution in [0.25, 0.3) is 0 Å². The molecule has 0 radical (unpaired) electrons. The van der Waals surface area contributed by atoms with Crippen LogP contribution in [-0.4, -0.2) is 32.1 Å². The van der Waals surface area contributed by atoms with E-state index < -0.39 is 0 Å². The van der Waals surface area contributed by atoms with Gasteiger partial charge in [0.05, 0.1) is 0 Å². The minimum atomic E-state index is 0. The molecular formula is C16H29IN4. The van der Waals surface area contributed by atoms with E-state index in [4.69, 9.17) is 0 Å². The first kappa shape index (κ1) is 20.0. The molecule has 1 rings (SSSR count). The van der Waals surface area contributed by atoms with Gasteiger partial charge in [0.1, 0.15) is 0 Å². The number of para-hydroxylation sites is 1. The molecule has 0 aliphatic rings. The predicted octanol–water partition coefficient (Wildman–Crippen LogP) is 3.32. The van der Waals surface area contributed by atoms with Crippen molar-refractivity contribution in [3.05, 3.63) is 30.3 Å². The lowest BCUT2D eigenvalue weighted by molar-refractivity contribution is 0.481. The monoisotopic (exact) mass is 404 g/mol. The highest BCUT2D eigenvalue weighted by Gasteiger charge is 2.08. The summed E-state index contributed by atoms with van der Waals surface area (Å²) in [6, 6.07) is 10.7. The highest BCUT2D eigenvalue weighted by molar-refractivity contribution is 14.0. The topological polar surface area (TPSA) is 48.5 Å². The number of anilines is 1. The summed E-state index contributed by atoms with van der Waals surface area (Å²) in [7, 11) is 1.81. The molecule has 0 fully saturated rings. The number of halogens is 1. The Morgan fingerprint density at radius 3 is 2.33 bits per heavy atom. The molecule has 0 amide bonds. The van der Waals surface area contributed by atoms with Crippen LogP contribution in [0.5, 0.6) is 0 Å². The van der Waals surface area contributed by atoms with E-state index in [2.05, 4.69) is 53.8 Å².